The maximum Gasteiger partial charge on any atom is -0.00632 e. The largest absolute Gasteiger partial charge is 0.0587 e. The lowest BCUT2D eigenvalue weighted by atomic mass is 9.79. The van der Waals surface area contributed by atoms with Crippen LogP contribution in [0.3, 0.4) is 0 Å². The van der Waals surface area contributed by atoms with Crippen LogP contribution in [0.15, 0.2) is 48.5 Å². The van der Waals surface area contributed by atoms with Crippen LogP contribution >= 0.6 is 0 Å². The standard InChI is InChI=1S/C19H23/c1-15(2)17-12-10-16(11-13-17)14-19(3,4)18-8-6-5-7-9-18/h6-13,15H,14H2,1-4H3. The predicted molar refractivity (Wildman–Crippen MR) is 82.5 cm³/mol. The zero-order valence-electron chi connectivity index (χ0n) is 12.4. The number of rotatable bonds is 4. The smallest absolute Gasteiger partial charge is 0.00632 e. The molecule has 0 saturated heterocycles. The van der Waals surface area contributed by atoms with Gasteiger partial charge in [0.15, 0.2) is 0 Å². The lowest BCUT2D eigenvalue weighted by Crippen LogP contribution is -2.20. The monoisotopic (exact) mass is 251 g/mol. The van der Waals surface area contributed by atoms with Gasteiger partial charge in [-0.25, -0.2) is 0 Å². The van der Waals surface area contributed by atoms with Crippen molar-refractivity contribution in [3.05, 3.63) is 71.3 Å². The molecule has 1 radical (unpaired) electrons. The summed E-state index contributed by atoms with van der Waals surface area (Å²) in [4.78, 5) is 0. The van der Waals surface area contributed by atoms with Crippen molar-refractivity contribution in [2.24, 2.45) is 0 Å². The van der Waals surface area contributed by atoms with Gasteiger partial charge in [-0.1, -0.05) is 76.2 Å². The first-order valence-electron chi connectivity index (χ1n) is 7.04. The third-order valence-corrected chi connectivity index (χ3v) is 3.79. The highest BCUT2D eigenvalue weighted by Crippen LogP contribution is 2.28. The van der Waals surface area contributed by atoms with Gasteiger partial charge in [-0.05, 0) is 40.5 Å². The van der Waals surface area contributed by atoms with E-state index in [1.165, 1.54) is 16.7 Å². The van der Waals surface area contributed by atoms with Gasteiger partial charge >= 0.3 is 0 Å². The summed E-state index contributed by atoms with van der Waals surface area (Å²) < 4.78 is 0. The van der Waals surface area contributed by atoms with E-state index in [0.717, 1.165) is 6.42 Å². The third kappa shape index (κ3) is 3.47. The second kappa shape index (κ2) is 5.61. The molecule has 0 amide bonds. The van der Waals surface area contributed by atoms with Crippen LogP contribution < -0.4 is 0 Å². The minimum absolute atomic E-state index is 0.161. The van der Waals surface area contributed by atoms with E-state index in [0.29, 0.717) is 5.92 Å². The zero-order valence-corrected chi connectivity index (χ0v) is 12.4. The van der Waals surface area contributed by atoms with E-state index in [1.807, 2.05) is 12.1 Å². The molecule has 2 aromatic rings. The van der Waals surface area contributed by atoms with Crippen LogP contribution in [0.2, 0.25) is 0 Å². The molecule has 0 saturated carbocycles. The van der Waals surface area contributed by atoms with Gasteiger partial charge in [0.2, 0.25) is 0 Å². The molecule has 0 fully saturated rings. The summed E-state index contributed by atoms with van der Waals surface area (Å²) in [5.74, 6) is 0.603. The van der Waals surface area contributed by atoms with Gasteiger partial charge in [0.25, 0.3) is 0 Å². The molecule has 0 N–H and O–H groups in total. The summed E-state index contributed by atoms with van der Waals surface area (Å²) in [5.41, 5.74) is 4.35. The molecular weight excluding hydrogens is 228 g/mol. The summed E-state index contributed by atoms with van der Waals surface area (Å²) in [5, 5.41) is 0. The van der Waals surface area contributed by atoms with Crippen molar-refractivity contribution in [3.63, 3.8) is 0 Å². The highest BCUT2D eigenvalue weighted by molar-refractivity contribution is 5.30. The molecule has 0 atom stereocenters. The molecule has 2 aromatic carbocycles. The van der Waals surface area contributed by atoms with Crippen LogP contribution in [0.25, 0.3) is 0 Å². The molecule has 99 valence electrons. The van der Waals surface area contributed by atoms with Gasteiger partial charge in [0.1, 0.15) is 0 Å². The molecule has 0 heterocycles. The number of benzene rings is 2. The average molecular weight is 251 g/mol. The maximum atomic E-state index is 3.09. The van der Waals surface area contributed by atoms with E-state index in [9.17, 15) is 0 Å². The molecule has 0 bridgehead atoms. The first kappa shape index (κ1) is 13.9. The summed E-state index contributed by atoms with van der Waals surface area (Å²) in [6.45, 7) is 9.08. The Morgan fingerprint density at radius 1 is 0.947 bits per heavy atom. The van der Waals surface area contributed by atoms with Gasteiger partial charge in [0, 0.05) is 0 Å². The van der Waals surface area contributed by atoms with Gasteiger partial charge in [0.05, 0.1) is 0 Å². The van der Waals surface area contributed by atoms with E-state index >= 15 is 0 Å². The summed E-state index contributed by atoms with van der Waals surface area (Å²) in [7, 11) is 0. The fourth-order valence-electron chi connectivity index (χ4n) is 2.47. The second-order valence-electron chi connectivity index (χ2n) is 6.25. The molecule has 0 aromatic heterocycles. The van der Waals surface area contributed by atoms with Gasteiger partial charge in [-0.2, -0.15) is 0 Å². The molecule has 19 heavy (non-hydrogen) atoms. The van der Waals surface area contributed by atoms with Crippen molar-refractivity contribution >= 4 is 0 Å². The lowest BCUT2D eigenvalue weighted by molar-refractivity contribution is 0.522. The Morgan fingerprint density at radius 3 is 2.05 bits per heavy atom. The van der Waals surface area contributed by atoms with Gasteiger partial charge < -0.3 is 0 Å². The summed E-state index contributed by atoms with van der Waals surface area (Å²) in [6, 6.07) is 20.5. The molecule has 0 nitrogen and oxygen atoms in total. The van der Waals surface area contributed by atoms with E-state index < -0.39 is 0 Å². The Bertz CT molecular complexity index is 503. The lowest BCUT2D eigenvalue weighted by Gasteiger charge is -2.25. The van der Waals surface area contributed by atoms with E-state index in [1.54, 1.807) is 0 Å². The van der Waals surface area contributed by atoms with Crippen LogP contribution in [0, 0.1) is 6.07 Å². The molecule has 0 aliphatic heterocycles. The molecule has 2 rings (SSSR count). The number of hydrogen-bond donors (Lipinski definition) is 0. The molecule has 0 aliphatic carbocycles. The van der Waals surface area contributed by atoms with Crippen molar-refractivity contribution < 1.29 is 0 Å². The first-order valence-corrected chi connectivity index (χ1v) is 7.04. The Morgan fingerprint density at radius 2 is 1.53 bits per heavy atom. The highest BCUT2D eigenvalue weighted by atomic mass is 14.2. The minimum atomic E-state index is 0.161. The normalized spacial score (nSPS) is 11.8. The summed E-state index contributed by atoms with van der Waals surface area (Å²) in [6.07, 6.45) is 1.06. The van der Waals surface area contributed by atoms with Crippen LogP contribution in [-0.2, 0) is 11.8 Å². The Hall–Kier alpha value is -1.56. The van der Waals surface area contributed by atoms with Crippen molar-refractivity contribution in [2.75, 3.05) is 0 Å². The highest BCUT2D eigenvalue weighted by Gasteiger charge is 2.20. The SMILES string of the molecule is CC(C)c1ccc(CC(C)(C)c2cc[c]cc2)cc1. The Kier molecular flexibility index (Phi) is 4.09. The van der Waals surface area contributed by atoms with Crippen molar-refractivity contribution in [1.29, 1.82) is 0 Å². The molecule has 0 heteroatoms. The van der Waals surface area contributed by atoms with Crippen LogP contribution in [0.5, 0.6) is 0 Å². The molecule has 0 aliphatic rings. The Labute approximate surface area is 117 Å². The zero-order chi connectivity index (χ0) is 13.9. The fourth-order valence-corrected chi connectivity index (χ4v) is 2.47. The van der Waals surface area contributed by atoms with Gasteiger partial charge in [-0.3, -0.25) is 0 Å². The maximum absolute atomic E-state index is 3.09. The predicted octanol–water partition coefficient (Wildman–Crippen LogP) is 5.13. The van der Waals surface area contributed by atoms with E-state index in [2.05, 4.69) is 70.2 Å². The molecule has 0 unspecified atom stereocenters. The van der Waals surface area contributed by atoms with E-state index in [-0.39, 0.29) is 5.41 Å². The van der Waals surface area contributed by atoms with E-state index in [4.69, 9.17) is 0 Å². The van der Waals surface area contributed by atoms with Crippen molar-refractivity contribution in [2.45, 2.75) is 45.4 Å². The Balaban J connectivity index is 2.16. The average Bonchev–Trinajstić information content (AvgIpc) is 2.40. The van der Waals surface area contributed by atoms with Crippen LogP contribution in [0.4, 0.5) is 0 Å². The fraction of sp³-hybridized carbons (Fsp3) is 0.368. The number of hydrogen-bond acceptors (Lipinski definition) is 0. The van der Waals surface area contributed by atoms with Crippen LogP contribution in [0.1, 0.15) is 50.3 Å². The molecule has 0 spiro atoms. The van der Waals surface area contributed by atoms with Gasteiger partial charge in [-0.15, -0.1) is 0 Å². The third-order valence-electron chi connectivity index (χ3n) is 3.79. The van der Waals surface area contributed by atoms with Crippen molar-refractivity contribution in [3.8, 4) is 0 Å². The second-order valence-corrected chi connectivity index (χ2v) is 6.25. The van der Waals surface area contributed by atoms with Crippen molar-refractivity contribution in [1.82, 2.24) is 0 Å². The minimum Gasteiger partial charge on any atom is -0.0587 e. The molecular formula is C19H23. The quantitative estimate of drug-likeness (QED) is 0.706. The topological polar surface area (TPSA) is 0 Å². The summed E-state index contributed by atoms with van der Waals surface area (Å²) >= 11 is 0. The first-order chi connectivity index (χ1) is 8.99. The van der Waals surface area contributed by atoms with Crippen LogP contribution in [-0.4, -0.2) is 0 Å².